The molecular formula is C17H15BN2O. The summed E-state index contributed by atoms with van der Waals surface area (Å²) in [7, 11) is 3.75. The van der Waals surface area contributed by atoms with Crippen LogP contribution in [0.15, 0.2) is 48.7 Å². The van der Waals surface area contributed by atoms with Gasteiger partial charge in [-0.3, -0.25) is 0 Å². The Bertz CT molecular complexity index is 828. The van der Waals surface area contributed by atoms with Gasteiger partial charge in [0.15, 0.2) is 0 Å². The number of rotatable bonds is 3. The minimum atomic E-state index is 0.702. The van der Waals surface area contributed by atoms with E-state index >= 15 is 0 Å². The van der Waals surface area contributed by atoms with Crippen molar-refractivity contribution in [2.24, 2.45) is 0 Å². The highest BCUT2D eigenvalue weighted by Crippen LogP contribution is 2.18. The zero-order valence-electron chi connectivity index (χ0n) is 12.1. The van der Waals surface area contributed by atoms with Gasteiger partial charge in [-0.25, -0.2) is 0 Å². The SMILES string of the molecule is Bc1cn(Cc2ccc(OC)cc2)c2ccc(C#N)cc12. The fourth-order valence-electron chi connectivity index (χ4n) is 2.60. The Balaban J connectivity index is 1.98. The molecule has 0 aliphatic rings. The first-order valence-corrected chi connectivity index (χ1v) is 6.84. The van der Waals surface area contributed by atoms with E-state index in [2.05, 4.69) is 36.8 Å². The van der Waals surface area contributed by atoms with Gasteiger partial charge in [0.2, 0.25) is 0 Å². The molecule has 1 aromatic heterocycles. The average Bonchev–Trinajstić information content (AvgIpc) is 2.83. The second kappa shape index (κ2) is 5.38. The summed E-state index contributed by atoms with van der Waals surface area (Å²) >= 11 is 0. The van der Waals surface area contributed by atoms with Crippen molar-refractivity contribution in [2.75, 3.05) is 7.11 Å². The first-order chi connectivity index (χ1) is 10.2. The molecule has 1 heterocycles. The van der Waals surface area contributed by atoms with Crippen molar-refractivity contribution >= 4 is 24.2 Å². The maximum absolute atomic E-state index is 9.01. The number of methoxy groups -OCH3 is 1. The molecule has 0 amide bonds. The van der Waals surface area contributed by atoms with E-state index in [0.717, 1.165) is 23.2 Å². The van der Waals surface area contributed by atoms with E-state index in [4.69, 9.17) is 10.00 Å². The fraction of sp³-hybridized carbons (Fsp3) is 0.118. The van der Waals surface area contributed by atoms with E-state index in [1.807, 2.05) is 30.3 Å². The van der Waals surface area contributed by atoms with Crippen molar-refractivity contribution in [1.29, 1.82) is 5.26 Å². The van der Waals surface area contributed by atoms with Gasteiger partial charge in [0.05, 0.1) is 18.7 Å². The summed E-state index contributed by atoms with van der Waals surface area (Å²) in [5.74, 6) is 0.867. The van der Waals surface area contributed by atoms with Crippen LogP contribution in [0.2, 0.25) is 0 Å². The molecule has 0 radical (unpaired) electrons. The quantitative estimate of drug-likeness (QED) is 0.683. The summed E-state index contributed by atoms with van der Waals surface area (Å²) in [6.45, 7) is 0.806. The van der Waals surface area contributed by atoms with Crippen LogP contribution in [0.5, 0.6) is 5.75 Å². The van der Waals surface area contributed by atoms with Crippen LogP contribution < -0.4 is 10.2 Å². The topological polar surface area (TPSA) is 38.0 Å². The summed E-state index contributed by atoms with van der Waals surface area (Å²) in [5, 5.41) is 10.2. The molecule has 3 nitrogen and oxygen atoms in total. The Morgan fingerprint density at radius 2 is 1.95 bits per heavy atom. The van der Waals surface area contributed by atoms with Crippen LogP contribution in [0.3, 0.4) is 0 Å². The Morgan fingerprint density at radius 1 is 1.19 bits per heavy atom. The number of aromatic nitrogens is 1. The fourth-order valence-corrected chi connectivity index (χ4v) is 2.60. The van der Waals surface area contributed by atoms with Gasteiger partial charge in [-0.1, -0.05) is 17.6 Å². The molecule has 3 aromatic rings. The Labute approximate surface area is 124 Å². The number of hydrogen-bond acceptors (Lipinski definition) is 2. The molecule has 4 heteroatoms. The number of fused-ring (bicyclic) bond motifs is 1. The summed E-state index contributed by atoms with van der Waals surface area (Å²) in [6.07, 6.45) is 2.13. The number of benzene rings is 2. The highest BCUT2D eigenvalue weighted by molar-refractivity contribution is 6.38. The lowest BCUT2D eigenvalue weighted by atomic mass is 9.95. The average molecular weight is 274 g/mol. The maximum Gasteiger partial charge on any atom is 0.142 e. The highest BCUT2D eigenvalue weighted by Gasteiger charge is 2.07. The molecule has 0 aliphatic heterocycles. The minimum Gasteiger partial charge on any atom is -0.497 e. The zero-order valence-corrected chi connectivity index (χ0v) is 12.1. The number of nitriles is 1. The Morgan fingerprint density at radius 3 is 2.62 bits per heavy atom. The third-order valence-electron chi connectivity index (χ3n) is 3.72. The van der Waals surface area contributed by atoms with Gasteiger partial charge in [0.1, 0.15) is 13.6 Å². The van der Waals surface area contributed by atoms with Crippen molar-refractivity contribution in [3.63, 3.8) is 0 Å². The van der Waals surface area contributed by atoms with Gasteiger partial charge in [-0.2, -0.15) is 5.26 Å². The zero-order chi connectivity index (χ0) is 14.8. The normalized spacial score (nSPS) is 10.5. The second-order valence-corrected chi connectivity index (χ2v) is 5.13. The Hall–Kier alpha value is -2.67. The molecule has 0 bridgehead atoms. The van der Waals surface area contributed by atoms with E-state index in [1.54, 1.807) is 7.11 Å². The van der Waals surface area contributed by atoms with Crippen molar-refractivity contribution in [2.45, 2.75) is 6.54 Å². The Kier molecular flexibility index (Phi) is 3.41. The summed E-state index contributed by atoms with van der Waals surface area (Å²) in [6, 6.07) is 16.1. The smallest absolute Gasteiger partial charge is 0.142 e. The summed E-state index contributed by atoms with van der Waals surface area (Å²) in [5.41, 5.74) is 4.27. The number of ether oxygens (including phenoxy) is 1. The molecule has 0 unspecified atom stereocenters. The van der Waals surface area contributed by atoms with Crippen molar-refractivity contribution < 1.29 is 4.74 Å². The third kappa shape index (κ3) is 2.51. The first kappa shape index (κ1) is 13.3. The molecule has 102 valence electrons. The molecule has 0 atom stereocenters. The largest absolute Gasteiger partial charge is 0.497 e. The van der Waals surface area contributed by atoms with Crippen LogP contribution in [0.25, 0.3) is 10.9 Å². The maximum atomic E-state index is 9.01. The van der Waals surface area contributed by atoms with Crippen LogP contribution in [0, 0.1) is 11.3 Å². The van der Waals surface area contributed by atoms with E-state index in [1.165, 1.54) is 11.0 Å². The van der Waals surface area contributed by atoms with E-state index in [0.29, 0.717) is 5.56 Å². The lowest BCUT2D eigenvalue weighted by Gasteiger charge is -2.07. The number of nitrogens with zero attached hydrogens (tertiary/aromatic N) is 2. The minimum absolute atomic E-state index is 0.702. The van der Waals surface area contributed by atoms with E-state index in [9.17, 15) is 0 Å². The van der Waals surface area contributed by atoms with Crippen LogP contribution in [0.1, 0.15) is 11.1 Å². The van der Waals surface area contributed by atoms with Gasteiger partial charge in [-0.15, -0.1) is 0 Å². The molecule has 3 rings (SSSR count). The molecule has 2 aromatic carbocycles. The summed E-state index contributed by atoms with van der Waals surface area (Å²) < 4.78 is 7.40. The predicted molar refractivity (Wildman–Crippen MR) is 86.9 cm³/mol. The van der Waals surface area contributed by atoms with Gasteiger partial charge in [-0.05, 0) is 47.5 Å². The van der Waals surface area contributed by atoms with Crippen LogP contribution >= 0.6 is 0 Å². The monoisotopic (exact) mass is 274 g/mol. The third-order valence-corrected chi connectivity index (χ3v) is 3.72. The van der Waals surface area contributed by atoms with Crippen molar-refractivity contribution in [3.05, 3.63) is 59.8 Å². The van der Waals surface area contributed by atoms with E-state index < -0.39 is 0 Å². The van der Waals surface area contributed by atoms with Crippen LogP contribution in [-0.2, 0) is 6.54 Å². The first-order valence-electron chi connectivity index (χ1n) is 6.84. The lowest BCUT2D eigenvalue weighted by Crippen LogP contribution is -2.01. The predicted octanol–water partition coefficient (Wildman–Crippen LogP) is 1.83. The molecule has 0 fully saturated rings. The van der Waals surface area contributed by atoms with Gasteiger partial charge in [0.25, 0.3) is 0 Å². The number of hydrogen-bond donors (Lipinski definition) is 0. The van der Waals surface area contributed by atoms with Crippen molar-refractivity contribution in [1.82, 2.24) is 4.57 Å². The van der Waals surface area contributed by atoms with Crippen LogP contribution in [-0.4, -0.2) is 19.5 Å². The van der Waals surface area contributed by atoms with Gasteiger partial charge >= 0.3 is 0 Å². The molecule has 0 spiro atoms. The standard InChI is InChI=1S/C17H15BN2O/c1-21-14-5-2-12(3-6-14)10-20-11-16(18)15-8-13(9-19)4-7-17(15)20/h2-8,11H,10,18H2,1H3. The molecule has 0 saturated carbocycles. The van der Waals surface area contributed by atoms with E-state index in [-0.39, 0.29) is 0 Å². The second-order valence-electron chi connectivity index (χ2n) is 5.13. The van der Waals surface area contributed by atoms with Gasteiger partial charge in [0, 0.05) is 12.1 Å². The lowest BCUT2D eigenvalue weighted by molar-refractivity contribution is 0.414. The molecule has 0 N–H and O–H groups in total. The molecule has 0 aliphatic carbocycles. The van der Waals surface area contributed by atoms with Gasteiger partial charge < -0.3 is 9.30 Å². The molecule has 0 saturated heterocycles. The molecular weight excluding hydrogens is 259 g/mol. The highest BCUT2D eigenvalue weighted by atomic mass is 16.5. The summed E-state index contributed by atoms with van der Waals surface area (Å²) in [4.78, 5) is 0. The van der Waals surface area contributed by atoms with Crippen LogP contribution in [0.4, 0.5) is 0 Å². The van der Waals surface area contributed by atoms with Crippen molar-refractivity contribution in [3.8, 4) is 11.8 Å². The molecule has 21 heavy (non-hydrogen) atoms.